The molecule has 2 rings (SSSR count). The summed E-state index contributed by atoms with van der Waals surface area (Å²) in [6, 6.07) is 5.85. The Morgan fingerprint density at radius 2 is 2.09 bits per heavy atom. The Balaban J connectivity index is 2.24. The lowest BCUT2D eigenvalue weighted by molar-refractivity contribution is -0.144. The SMILES string of the molecule is COc1ccc(CN2CCCCC2C(=O)O)cc1C(C)(C)C. The van der Waals surface area contributed by atoms with E-state index in [4.69, 9.17) is 4.74 Å². The normalized spacial score (nSPS) is 19.9. The van der Waals surface area contributed by atoms with Crippen molar-refractivity contribution >= 4 is 5.97 Å². The quantitative estimate of drug-likeness (QED) is 0.926. The zero-order valence-corrected chi connectivity index (χ0v) is 14.1. The molecule has 22 heavy (non-hydrogen) atoms. The van der Waals surface area contributed by atoms with Gasteiger partial charge in [0.05, 0.1) is 7.11 Å². The molecule has 0 bridgehead atoms. The van der Waals surface area contributed by atoms with Crippen LogP contribution in [0.5, 0.6) is 5.75 Å². The van der Waals surface area contributed by atoms with Crippen molar-refractivity contribution in [2.45, 2.75) is 58.0 Å². The van der Waals surface area contributed by atoms with Gasteiger partial charge in [-0.1, -0.05) is 39.3 Å². The second kappa shape index (κ2) is 6.69. The molecule has 1 aliphatic rings. The first kappa shape index (κ1) is 16.8. The predicted molar refractivity (Wildman–Crippen MR) is 87.4 cm³/mol. The molecule has 1 heterocycles. The van der Waals surface area contributed by atoms with Gasteiger partial charge in [-0.15, -0.1) is 0 Å². The van der Waals surface area contributed by atoms with Crippen molar-refractivity contribution in [2.75, 3.05) is 13.7 Å². The minimum atomic E-state index is -0.704. The van der Waals surface area contributed by atoms with E-state index in [2.05, 4.69) is 31.7 Å². The number of piperidine rings is 1. The Morgan fingerprint density at radius 3 is 2.68 bits per heavy atom. The Hall–Kier alpha value is -1.55. The summed E-state index contributed by atoms with van der Waals surface area (Å²) in [4.78, 5) is 13.5. The minimum absolute atomic E-state index is 0.00451. The average molecular weight is 305 g/mol. The van der Waals surface area contributed by atoms with Gasteiger partial charge < -0.3 is 9.84 Å². The Labute approximate surface area is 133 Å². The lowest BCUT2D eigenvalue weighted by Gasteiger charge is -2.33. The number of carbonyl (C=O) groups is 1. The number of carboxylic acids is 1. The third-order valence-electron chi connectivity index (χ3n) is 4.36. The topological polar surface area (TPSA) is 49.8 Å². The van der Waals surface area contributed by atoms with Crippen LogP contribution in [0.3, 0.4) is 0 Å². The van der Waals surface area contributed by atoms with E-state index in [1.54, 1.807) is 7.11 Å². The zero-order valence-electron chi connectivity index (χ0n) is 14.1. The van der Waals surface area contributed by atoms with E-state index in [1.165, 1.54) is 0 Å². The molecule has 0 aromatic heterocycles. The molecule has 0 radical (unpaired) electrons. The van der Waals surface area contributed by atoms with E-state index >= 15 is 0 Å². The largest absolute Gasteiger partial charge is 0.496 e. The monoisotopic (exact) mass is 305 g/mol. The maximum absolute atomic E-state index is 11.4. The van der Waals surface area contributed by atoms with Crippen molar-refractivity contribution < 1.29 is 14.6 Å². The highest BCUT2D eigenvalue weighted by Gasteiger charge is 2.28. The molecule has 1 aliphatic heterocycles. The fraction of sp³-hybridized carbons (Fsp3) is 0.611. The van der Waals surface area contributed by atoms with Gasteiger partial charge in [0.1, 0.15) is 11.8 Å². The standard InChI is InChI=1S/C18H27NO3/c1-18(2,3)14-11-13(8-9-16(14)22-4)12-19-10-6-5-7-15(19)17(20)21/h8-9,11,15H,5-7,10,12H2,1-4H3,(H,20,21). The molecule has 0 amide bonds. The summed E-state index contributed by atoms with van der Waals surface area (Å²) in [5, 5.41) is 9.39. The summed E-state index contributed by atoms with van der Waals surface area (Å²) < 4.78 is 5.47. The van der Waals surface area contributed by atoms with Crippen molar-refractivity contribution in [2.24, 2.45) is 0 Å². The molecule has 1 aromatic carbocycles. The highest BCUT2D eigenvalue weighted by molar-refractivity contribution is 5.73. The highest BCUT2D eigenvalue weighted by atomic mass is 16.5. The Kier molecular flexibility index (Phi) is 5.12. The van der Waals surface area contributed by atoms with Gasteiger partial charge in [-0.2, -0.15) is 0 Å². The summed E-state index contributed by atoms with van der Waals surface area (Å²) in [6.45, 7) is 8.03. The lowest BCUT2D eigenvalue weighted by atomic mass is 9.85. The van der Waals surface area contributed by atoms with Crippen LogP contribution < -0.4 is 4.74 Å². The number of rotatable bonds is 4. The van der Waals surface area contributed by atoms with Crippen LogP contribution in [-0.2, 0) is 16.8 Å². The molecule has 0 spiro atoms. The molecule has 1 aromatic rings. The van der Waals surface area contributed by atoms with Crippen LogP contribution in [0, 0.1) is 0 Å². The number of hydrogen-bond donors (Lipinski definition) is 1. The van der Waals surface area contributed by atoms with Crippen molar-refractivity contribution in [3.63, 3.8) is 0 Å². The van der Waals surface area contributed by atoms with Crippen molar-refractivity contribution in [3.8, 4) is 5.75 Å². The van der Waals surface area contributed by atoms with E-state index in [0.29, 0.717) is 6.54 Å². The predicted octanol–water partition coefficient (Wildman–Crippen LogP) is 3.43. The van der Waals surface area contributed by atoms with Crippen molar-refractivity contribution in [1.82, 2.24) is 4.90 Å². The number of ether oxygens (including phenoxy) is 1. The number of nitrogens with zero attached hydrogens (tertiary/aromatic N) is 1. The molecule has 4 heteroatoms. The molecular formula is C18H27NO3. The summed E-state index contributed by atoms with van der Waals surface area (Å²) in [5.41, 5.74) is 2.31. The Bertz CT molecular complexity index is 534. The number of carboxylic acid groups (broad SMARTS) is 1. The molecule has 122 valence electrons. The van der Waals surface area contributed by atoms with E-state index < -0.39 is 5.97 Å². The molecule has 1 fully saturated rings. The van der Waals surface area contributed by atoms with Crippen molar-refractivity contribution in [1.29, 1.82) is 0 Å². The number of hydrogen-bond acceptors (Lipinski definition) is 3. The second-order valence-electron chi connectivity index (χ2n) is 7.10. The van der Waals surface area contributed by atoms with Crippen LogP contribution >= 0.6 is 0 Å². The average Bonchev–Trinajstić information content (AvgIpc) is 2.46. The van der Waals surface area contributed by atoms with E-state index in [9.17, 15) is 9.90 Å². The van der Waals surface area contributed by atoms with Gasteiger partial charge in [-0.25, -0.2) is 0 Å². The van der Waals surface area contributed by atoms with Gasteiger partial charge in [0.25, 0.3) is 0 Å². The molecule has 0 aliphatic carbocycles. The van der Waals surface area contributed by atoms with E-state index in [-0.39, 0.29) is 11.5 Å². The van der Waals surface area contributed by atoms with Crippen LogP contribution in [0.2, 0.25) is 0 Å². The van der Waals surface area contributed by atoms with Crippen LogP contribution in [-0.4, -0.2) is 35.7 Å². The second-order valence-corrected chi connectivity index (χ2v) is 7.10. The maximum Gasteiger partial charge on any atom is 0.320 e. The van der Waals surface area contributed by atoms with Gasteiger partial charge in [-0.05, 0) is 42.0 Å². The van der Waals surface area contributed by atoms with Crippen LogP contribution in [0.25, 0.3) is 0 Å². The first-order chi connectivity index (χ1) is 10.3. The van der Waals surface area contributed by atoms with Crippen molar-refractivity contribution in [3.05, 3.63) is 29.3 Å². The molecule has 1 atom stereocenters. The van der Waals surface area contributed by atoms with Gasteiger partial charge >= 0.3 is 5.97 Å². The number of methoxy groups -OCH3 is 1. The zero-order chi connectivity index (χ0) is 16.3. The summed E-state index contributed by atoms with van der Waals surface area (Å²) in [5.74, 6) is 0.189. The highest BCUT2D eigenvalue weighted by Crippen LogP contribution is 2.32. The first-order valence-electron chi connectivity index (χ1n) is 7.97. The molecule has 1 saturated heterocycles. The molecule has 0 saturated carbocycles. The van der Waals surface area contributed by atoms with Crippen LogP contribution in [0.4, 0.5) is 0 Å². The third kappa shape index (κ3) is 3.80. The fourth-order valence-electron chi connectivity index (χ4n) is 3.13. The number of likely N-dealkylation sites (tertiary alicyclic amines) is 1. The van der Waals surface area contributed by atoms with Crippen LogP contribution in [0.15, 0.2) is 18.2 Å². The smallest absolute Gasteiger partial charge is 0.320 e. The molecular weight excluding hydrogens is 278 g/mol. The van der Waals surface area contributed by atoms with Gasteiger partial charge in [0, 0.05) is 6.54 Å². The van der Waals surface area contributed by atoms with Gasteiger partial charge in [0.15, 0.2) is 0 Å². The van der Waals surface area contributed by atoms with Crippen LogP contribution in [0.1, 0.15) is 51.2 Å². The molecule has 1 unspecified atom stereocenters. The number of aliphatic carboxylic acids is 1. The maximum atomic E-state index is 11.4. The summed E-state index contributed by atoms with van der Waals surface area (Å²) in [6.07, 6.45) is 2.83. The van der Waals surface area contributed by atoms with Gasteiger partial charge in [0.2, 0.25) is 0 Å². The Morgan fingerprint density at radius 1 is 1.36 bits per heavy atom. The summed E-state index contributed by atoms with van der Waals surface area (Å²) in [7, 11) is 1.69. The van der Waals surface area contributed by atoms with E-state index in [1.807, 2.05) is 12.1 Å². The van der Waals surface area contributed by atoms with Gasteiger partial charge in [-0.3, -0.25) is 9.69 Å². The third-order valence-corrected chi connectivity index (χ3v) is 4.36. The molecule has 1 N–H and O–H groups in total. The lowest BCUT2D eigenvalue weighted by Crippen LogP contribution is -2.44. The fourth-order valence-corrected chi connectivity index (χ4v) is 3.13. The van der Waals surface area contributed by atoms with E-state index in [0.717, 1.165) is 42.7 Å². The number of benzene rings is 1. The molecule has 4 nitrogen and oxygen atoms in total. The first-order valence-corrected chi connectivity index (χ1v) is 7.97. The minimum Gasteiger partial charge on any atom is -0.496 e. The summed E-state index contributed by atoms with van der Waals surface area (Å²) >= 11 is 0.